The van der Waals surface area contributed by atoms with Gasteiger partial charge in [-0.1, -0.05) is 6.92 Å². The van der Waals surface area contributed by atoms with Crippen LogP contribution in [0, 0.1) is 0 Å². The zero-order chi connectivity index (χ0) is 7.56. The normalized spacial score (nSPS) is 13.5. The van der Waals surface area contributed by atoms with Crippen LogP contribution in [0.1, 0.15) is 26.3 Å². The van der Waals surface area contributed by atoms with Gasteiger partial charge in [0, 0.05) is 22.9 Å². The SMILES string of the molecule is CCC(C)n1ccc(Br)c1. The second-order valence-corrected chi connectivity index (χ2v) is 3.45. The van der Waals surface area contributed by atoms with Gasteiger partial charge in [-0.3, -0.25) is 0 Å². The lowest BCUT2D eigenvalue weighted by Gasteiger charge is -2.09. The molecule has 1 unspecified atom stereocenters. The Morgan fingerprint density at radius 1 is 1.70 bits per heavy atom. The molecule has 0 N–H and O–H groups in total. The summed E-state index contributed by atoms with van der Waals surface area (Å²) in [5, 5.41) is 0. The van der Waals surface area contributed by atoms with E-state index in [-0.39, 0.29) is 0 Å². The minimum absolute atomic E-state index is 0.617. The van der Waals surface area contributed by atoms with E-state index >= 15 is 0 Å². The monoisotopic (exact) mass is 201 g/mol. The molecule has 0 amide bonds. The lowest BCUT2D eigenvalue weighted by molar-refractivity contribution is 0.533. The summed E-state index contributed by atoms with van der Waals surface area (Å²) < 4.78 is 3.37. The fourth-order valence-corrected chi connectivity index (χ4v) is 1.23. The molecule has 0 aromatic carbocycles. The number of hydrogen-bond acceptors (Lipinski definition) is 0. The first-order valence-corrected chi connectivity index (χ1v) is 4.36. The van der Waals surface area contributed by atoms with Gasteiger partial charge in [0.05, 0.1) is 0 Å². The zero-order valence-electron chi connectivity index (χ0n) is 6.34. The van der Waals surface area contributed by atoms with Crippen molar-refractivity contribution >= 4 is 15.9 Å². The van der Waals surface area contributed by atoms with Crippen molar-refractivity contribution in [2.75, 3.05) is 0 Å². The highest BCUT2D eigenvalue weighted by Crippen LogP contribution is 2.15. The van der Waals surface area contributed by atoms with Crippen molar-refractivity contribution in [3.8, 4) is 0 Å². The lowest BCUT2D eigenvalue weighted by atomic mass is 10.3. The van der Waals surface area contributed by atoms with E-state index in [1.54, 1.807) is 0 Å². The van der Waals surface area contributed by atoms with Gasteiger partial charge in [0.15, 0.2) is 0 Å². The van der Waals surface area contributed by atoms with Crippen LogP contribution >= 0.6 is 15.9 Å². The molecule has 0 saturated heterocycles. The van der Waals surface area contributed by atoms with Crippen LogP contribution in [0.15, 0.2) is 22.9 Å². The molecule has 56 valence electrons. The Labute approximate surface area is 70.2 Å². The third-order valence-electron chi connectivity index (χ3n) is 1.78. The Kier molecular flexibility index (Phi) is 2.55. The maximum Gasteiger partial charge on any atom is 0.0352 e. The smallest absolute Gasteiger partial charge is 0.0352 e. The third kappa shape index (κ3) is 1.63. The van der Waals surface area contributed by atoms with Gasteiger partial charge in [0.2, 0.25) is 0 Å². The average molecular weight is 202 g/mol. The van der Waals surface area contributed by atoms with E-state index < -0.39 is 0 Å². The fraction of sp³-hybridized carbons (Fsp3) is 0.500. The van der Waals surface area contributed by atoms with E-state index in [0.29, 0.717) is 6.04 Å². The van der Waals surface area contributed by atoms with Crippen molar-refractivity contribution in [1.29, 1.82) is 0 Å². The van der Waals surface area contributed by atoms with Gasteiger partial charge in [-0.25, -0.2) is 0 Å². The molecule has 1 heterocycles. The van der Waals surface area contributed by atoms with Crippen LogP contribution in [0.2, 0.25) is 0 Å². The Balaban J connectivity index is 2.74. The summed E-state index contributed by atoms with van der Waals surface area (Å²) >= 11 is 3.41. The molecule has 0 saturated carbocycles. The Hall–Kier alpha value is -0.240. The molecule has 10 heavy (non-hydrogen) atoms. The number of rotatable bonds is 2. The van der Waals surface area contributed by atoms with Crippen LogP contribution in [-0.2, 0) is 0 Å². The summed E-state index contributed by atoms with van der Waals surface area (Å²) in [5.41, 5.74) is 0. The van der Waals surface area contributed by atoms with E-state index in [1.807, 2.05) is 0 Å². The quantitative estimate of drug-likeness (QED) is 0.693. The molecule has 2 heteroatoms. The van der Waals surface area contributed by atoms with E-state index in [2.05, 4.69) is 52.8 Å². The van der Waals surface area contributed by atoms with Gasteiger partial charge in [-0.15, -0.1) is 0 Å². The van der Waals surface area contributed by atoms with Gasteiger partial charge < -0.3 is 4.57 Å². The van der Waals surface area contributed by atoms with Crippen molar-refractivity contribution < 1.29 is 0 Å². The predicted molar refractivity (Wildman–Crippen MR) is 47.1 cm³/mol. The lowest BCUT2D eigenvalue weighted by Crippen LogP contribution is -1.99. The van der Waals surface area contributed by atoms with Gasteiger partial charge in [0.25, 0.3) is 0 Å². The fourth-order valence-electron chi connectivity index (χ4n) is 0.871. The number of hydrogen-bond donors (Lipinski definition) is 0. The summed E-state index contributed by atoms with van der Waals surface area (Å²) in [7, 11) is 0. The number of aromatic nitrogens is 1. The molecule has 0 aliphatic carbocycles. The molecular formula is C8H12BrN. The Morgan fingerprint density at radius 2 is 2.40 bits per heavy atom. The topological polar surface area (TPSA) is 4.93 Å². The van der Waals surface area contributed by atoms with Crippen LogP contribution < -0.4 is 0 Å². The molecule has 1 nitrogen and oxygen atoms in total. The summed E-state index contributed by atoms with van der Waals surface area (Å²) in [6.07, 6.45) is 5.38. The number of nitrogens with zero attached hydrogens (tertiary/aromatic N) is 1. The first-order chi connectivity index (χ1) is 4.74. The molecule has 1 aromatic heterocycles. The highest BCUT2D eigenvalue weighted by Gasteiger charge is 1.99. The summed E-state index contributed by atoms with van der Waals surface area (Å²) in [6.45, 7) is 4.41. The highest BCUT2D eigenvalue weighted by atomic mass is 79.9. The van der Waals surface area contributed by atoms with Crippen molar-refractivity contribution in [3.05, 3.63) is 22.9 Å². The van der Waals surface area contributed by atoms with Gasteiger partial charge in [0.1, 0.15) is 0 Å². The summed E-state index contributed by atoms with van der Waals surface area (Å²) in [6, 6.07) is 2.68. The standard InChI is InChI=1S/C8H12BrN/c1-3-7(2)10-5-4-8(9)6-10/h4-7H,3H2,1-2H3. The van der Waals surface area contributed by atoms with E-state index in [0.717, 1.165) is 4.47 Å². The molecule has 1 atom stereocenters. The molecule has 0 spiro atoms. The van der Waals surface area contributed by atoms with Crippen molar-refractivity contribution in [1.82, 2.24) is 4.57 Å². The van der Waals surface area contributed by atoms with Gasteiger partial charge in [-0.2, -0.15) is 0 Å². The van der Waals surface area contributed by atoms with Crippen LogP contribution in [0.25, 0.3) is 0 Å². The average Bonchev–Trinajstić information content (AvgIpc) is 2.34. The van der Waals surface area contributed by atoms with Crippen molar-refractivity contribution in [3.63, 3.8) is 0 Å². The van der Waals surface area contributed by atoms with Crippen LogP contribution in [-0.4, -0.2) is 4.57 Å². The summed E-state index contributed by atoms with van der Waals surface area (Å²) in [4.78, 5) is 0. The highest BCUT2D eigenvalue weighted by molar-refractivity contribution is 9.10. The molecule has 0 fully saturated rings. The maximum atomic E-state index is 3.41. The molecule has 0 radical (unpaired) electrons. The van der Waals surface area contributed by atoms with Gasteiger partial charge >= 0.3 is 0 Å². The van der Waals surface area contributed by atoms with Gasteiger partial charge in [-0.05, 0) is 35.3 Å². The Bertz CT molecular complexity index is 205. The second kappa shape index (κ2) is 3.24. The minimum atomic E-state index is 0.617. The van der Waals surface area contributed by atoms with Crippen LogP contribution in [0.4, 0.5) is 0 Å². The first kappa shape index (κ1) is 7.86. The van der Waals surface area contributed by atoms with E-state index in [9.17, 15) is 0 Å². The van der Waals surface area contributed by atoms with Crippen LogP contribution in [0.3, 0.4) is 0 Å². The third-order valence-corrected chi connectivity index (χ3v) is 2.25. The van der Waals surface area contributed by atoms with Crippen molar-refractivity contribution in [2.45, 2.75) is 26.3 Å². The molecular weight excluding hydrogens is 190 g/mol. The minimum Gasteiger partial charge on any atom is -0.350 e. The molecule has 0 aliphatic rings. The molecule has 1 aromatic rings. The Morgan fingerprint density at radius 3 is 2.80 bits per heavy atom. The van der Waals surface area contributed by atoms with Crippen molar-refractivity contribution in [2.24, 2.45) is 0 Å². The number of halogens is 1. The van der Waals surface area contributed by atoms with E-state index in [1.165, 1.54) is 6.42 Å². The van der Waals surface area contributed by atoms with Crippen LogP contribution in [0.5, 0.6) is 0 Å². The zero-order valence-corrected chi connectivity index (χ0v) is 7.93. The second-order valence-electron chi connectivity index (χ2n) is 2.53. The summed E-state index contributed by atoms with van der Waals surface area (Å²) in [5.74, 6) is 0. The molecule has 0 aliphatic heterocycles. The molecule has 1 rings (SSSR count). The molecule has 0 bridgehead atoms. The van der Waals surface area contributed by atoms with E-state index in [4.69, 9.17) is 0 Å². The first-order valence-electron chi connectivity index (χ1n) is 3.57. The maximum absolute atomic E-state index is 3.41. The largest absolute Gasteiger partial charge is 0.350 e. The predicted octanol–water partition coefficient (Wildman–Crippen LogP) is 3.22.